The Bertz CT molecular complexity index is 242. The highest BCUT2D eigenvalue weighted by Gasteiger charge is 1.88. The molecule has 12 heavy (non-hydrogen) atoms. The Balaban J connectivity index is 4.54. The lowest BCUT2D eigenvalue weighted by atomic mass is 10.1. The average Bonchev–Trinajstić information content (AvgIpc) is 2.04. The molecule has 0 atom stereocenters. The lowest BCUT2D eigenvalue weighted by molar-refractivity contribution is 1.43. The Morgan fingerprint density at radius 1 is 1.42 bits per heavy atom. The van der Waals surface area contributed by atoms with Crippen molar-refractivity contribution in [3.05, 3.63) is 48.2 Å². The molecule has 0 rings (SSSR count). The molecule has 0 aliphatic carbocycles. The van der Waals surface area contributed by atoms with E-state index in [1.165, 1.54) is 0 Å². The van der Waals surface area contributed by atoms with Crippen LogP contribution in [0.3, 0.4) is 0 Å². The van der Waals surface area contributed by atoms with E-state index in [4.69, 9.17) is 0 Å². The molecule has 1 nitrogen and oxygen atoms in total. The van der Waals surface area contributed by atoms with E-state index in [1.807, 2.05) is 38.2 Å². The van der Waals surface area contributed by atoms with Crippen LogP contribution < -0.4 is 0 Å². The summed E-state index contributed by atoms with van der Waals surface area (Å²) in [6.07, 6.45) is 9.47. The summed E-state index contributed by atoms with van der Waals surface area (Å²) in [7, 11) is 0. The zero-order valence-electron chi connectivity index (χ0n) is 7.75. The fourth-order valence-corrected chi connectivity index (χ4v) is 0.673. The van der Waals surface area contributed by atoms with E-state index in [0.717, 1.165) is 11.1 Å². The summed E-state index contributed by atoms with van der Waals surface area (Å²) in [4.78, 5) is 3.63. The molecular weight excluding hydrogens is 146 g/mol. The molecule has 0 aromatic heterocycles. The summed E-state index contributed by atoms with van der Waals surface area (Å²) in [6.45, 7) is 11.1. The van der Waals surface area contributed by atoms with E-state index in [2.05, 4.69) is 18.3 Å². The summed E-state index contributed by atoms with van der Waals surface area (Å²) in [5, 5.41) is 0. The Morgan fingerprint density at radius 3 is 2.50 bits per heavy atom. The predicted octanol–water partition coefficient (Wildman–Crippen LogP) is 3.28. The van der Waals surface area contributed by atoms with Gasteiger partial charge in [-0.3, -0.25) is 4.99 Å². The van der Waals surface area contributed by atoms with Crippen molar-refractivity contribution in [3.8, 4) is 0 Å². The van der Waals surface area contributed by atoms with Crippen molar-refractivity contribution in [2.45, 2.75) is 13.8 Å². The van der Waals surface area contributed by atoms with Gasteiger partial charge in [-0.15, -0.1) is 0 Å². The fourth-order valence-electron chi connectivity index (χ4n) is 0.673. The maximum absolute atomic E-state index is 3.85. The smallest absolute Gasteiger partial charge is 0.0266 e. The summed E-state index contributed by atoms with van der Waals surface area (Å²) in [6, 6.07) is 0. The summed E-state index contributed by atoms with van der Waals surface area (Å²) in [5.41, 5.74) is 2.09. The molecule has 0 amide bonds. The van der Waals surface area contributed by atoms with Crippen LogP contribution in [0.25, 0.3) is 0 Å². The van der Waals surface area contributed by atoms with Crippen molar-refractivity contribution < 1.29 is 0 Å². The van der Waals surface area contributed by atoms with Gasteiger partial charge in [0.25, 0.3) is 0 Å². The van der Waals surface area contributed by atoms with Gasteiger partial charge in [0.2, 0.25) is 0 Å². The quantitative estimate of drug-likeness (QED) is 0.443. The molecule has 1 heteroatoms. The van der Waals surface area contributed by atoms with E-state index in [-0.39, 0.29) is 0 Å². The Kier molecular flexibility index (Phi) is 5.62. The SMILES string of the molecule is C=N\C=C/C(=C/C=C\C)C(=C)C. The van der Waals surface area contributed by atoms with Gasteiger partial charge >= 0.3 is 0 Å². The Morgan fingerprint density at radius 2 is 2.08 bits per heavy atom. The van der Waals surface area contributed by atoms with E-state index < -0.39 is 0 Å². The topological polar surface area (TPSA) is 12.4 Å². The van der Waals surface area contributed by atoms with Crippen molar-refractivity contribution in [3.63, 3.8) is 0 Å². The van der Waals surface area contributed by atoms with Crippen LogP contribution in [-0.4, -0.2) is 6.72 Å². The zero-order chi connectivity index (χ0) is 9.40. The molecule has 0 aliphatic rings. The monoisotopic (exact) mass is 161 g/mol. The van der Waals surface area contributed by atoms with Crippen LogP contribution >= 0.6 is 0 Å². The van der Waals surface area contributed by atoms with Crippen molar-refractivity contribution in [1.29, 1.82) is 0 Å². The third kappa shape index (κ3) is 4.45. The number of hydrogen-bond acceptors (Lipinski definition) is 1. The largest absolute Gasteiger partial charge is 0.272 e. The molecule has 0 spiro atoms. The van der Waals surface area contributed by atoms with Crippen molar-refractivity contribution in [2.75, 3.05) is 0 Å². The van der Waals surface area contributed by atoms with E-state index in [1.54, 1.807) is 6.20 Å². The fraction of sp³-hybridized carbons (Fsp3) is 0.182. The van der Waals surface area contributed by atoms with Gasteiger partial charge in [0.15, 0.2) is 0 Å². The highest BCUT2D eigenvalue weighted by molar-refractivity contribution is 5.39. The van der Waals surface area contributed by atoms with Crippen LogP contribution in [0.1, 0.15) is 13.8 Å². The van der Waals surface area contributed by atoms with E-state index >= 15 is 0 Å². The summed E-state index contributed by atoms with van der Waals surface area (Å²) < 4.78 is 0. The second kappa shape index (κ2) is 6.35. The number of hydrogen-bond donors (Lipinski definition) is 0. The molecule has 0 fully saturated rings. The first kappa shape index (κ1) is 10.6. The van der Waals surface area contributed by atoms with Gasteiger partial charge < -0.3 is 0 Å². The molecule has 0 saturated heterocycles. The molecule has 0 N–H and O–H groups in total. The first-order valence-electron chi connectivity index (χ1n) is 3.83. The van der Waals surface area contributed by atoms with Crippen molar-refractivity contribution >= 4 is 6.72 Å². The molecule has 0 heterocycles. The molecule has 64 valence electrons. The molecule has 0 aromatic rings. The molecule has 0 aliphatic heterocycles. The Labute approximate surface area is 74.5 Å². The molecule has 0 unspecified atom stereocenters. The third-order valence-corrected chi connectivity index (χ3v) is 1.32. The minimum atomic E-state index is 1.02. The normalized spacial score (nSPS) is 12.7. The van der Waals surface area contributed by atoms with Crippen molar-refractivity contribution in [1.82, 2.24) is 0 Å². The van der Waals surface area contributed by atoms with Gasteiger partial charge in [0.1, 0.15) is 0 Å². The van der Waals surface area contributed by atoms with Gasteiger partial charge in [-0.1, -0.05) is 30.4 Å². The standard InChI is InChI=1S/C11H15N/c1-5-6-7-11(10(2)3)8-9-12-4/h5-9H,2,4H2,1,3H3/b6-5-,9-8-,11-7-. The van der Waals surface area contributed by atoms with Crippen LogP contribution in [0, 0.1) is 0 Å². The van der Waals surface area contributed by atoms with Crippen LogP contribution in [0.2, 0.25) is 0 Å². The molecular formula is C11H15N. The van der Waals surface area contributed by atoms with Crippen LogP contribution in [0.15, 0.2) is 53.2 Å². The number of allylic oxidation sites excluding steroid dienone is 6. The lowest BCUT2D eigenvalue weighted by Crippen LogP contribution is -1.76. The molecule has 0 saturated carbocycles. The predicted molar refractivity (Wildman–Crippen MR) is 56.4 cm³/mol. The van der Waals surface area contributed by atoms with Gasteiger partial charge in [-0.2, -0.15) is 0 Å². The van der Waals surface area contributed by atoms with Gasteiger partial charge in [0.05, 0.1) is 0 Å². The number of aliphatic imine (C=N–C) groups is 1. The number of nitrogens with zero attached hydrogens (tertiary/aromatic N) is 1. The van der Waals surface area contributed by atoms with Crippen LogP contribution in [0.5, 0.6) is 0 Å². The first-order valence-corrected chi connectivity index (χ1v) is 3.83. The number of rotatable bonds is 4. The van der Waals surface area contributed by atoms with Gasteiger partial charge in [0, 0.05) is 6.20 Å². The summed E-state index contributed by atoms with van der Waals surface area (Å²) in [5.74, 6) is 0. The molecule has 0 bridgehead atoms. The summed E-state index contributed by atoms with van der Waals surface area (Å²) >= 11 is 0. The molecule has 0 aromatic carbocycles. The second-order valence-electron chi connectivity index (χ2n) is 2.43. The maximum atomic E-state index is 3.85. The van der Waals surface area contributed by atoms with Crippen molar-refractivity contribution in [2.24, 2.45) is 4.99 Å². The van der Waals surface area contributed by atoms with Gasteiger partial charge in [-0.25, -0.2) is 0 Å². The zero-order valence-corrected chi connectivity index (χ0v) is 7.75. The van der Waals surface area contributed by atoms with Gasteiger partial charge in [-0.05, 0) is 32.2 Å². The lowest BCUT2D eigenvalue weighted by Gasteiger charge is -1.96. The third-order valence-electron chi connectivity index (χ3n) is 1.32. The average molecular weight is 161 g/mol. The second-order valence-corrected chi connectivity index (χ2v) is 2.43. The minimum absolute atomic E-state index is 1.02. The Hall–Kier alpha value is -1.37. The minimum Gasteiger partial charge on any atom is -0.272 e. The van der Waals surface area contributed by atoms with E-state index in [9.17, 15) is 0 Å². The van der Waals surface area contributed by atoms with E-state index in [0.29, 0.717) is 0 Å². The van der Waals surface area contributed by atoms with Crippen LogP contribution in [-0.2, 0) is 0 Å². The molecule has 0 radical (unpaired) electrons. The van der Waals surface area contributed by atoms with Crippen LogP contribution in [0.4, 0.5) is 0 Å². The highest BCUT2D eigenvalue weighted by atomic mass is 14.6. The maximum Gasteiger partial charge on any atom is 0.0266 e. The first-order chi connectivity index (χ1) is 5.72. The highest BCUT2D eigenvalue weighted by Crippen LogP contribution is 2.08.